The SMILES string of the molecule is c1ccc(N(c2ccc(-c3ccc(-c4ccc5ccc(-c6ccc7c(c6)oc6cccc(-c8ccccc8N(c8ccc(-c9ccc%10ccccc%10c9)cc8)c8ccc(-c9cccc%10c9oc9ccccc9%10)cc8)c67)cc5c4)cc3)cc2)c2ccc(-c3cccc4c3oc3ccccc34)cc2)c(-c2cccc3oc4ccccc4c23)c1. The number of para-hydroxylation sites is 7. The summed E-state index contributed by atoms with van der Waals surface area (Å²) in [7, 11) is 0. The molecule has 0 bridgehead atoms. The van der Waals surface area contributed by atoms with E-state index in [2.05, 4.69) is 386 Å². The highest BCUT2D eigenvalue weighted by atomic mass is 16.3. The molecule has 0 unspecified atom stereocenters. The Hall–Kier alpha value is -15.5. The van der Waals surface area contributed by atoms with Gasteiger partial charge in [-0.05, 0) is 210 Å². The van der Waals surface area contributed by atoms with Crippen LogP contribution in [-0.4, -0.2) is 0 Å². The molecule has 116 heavy (non-hydrogen) atoms. The van der Waals surface area contributed by atoms with Crippen molar-refractivity contribution in [1.82, 2.24) is 0 Å². The van der Waals surface area contributed by atoms with Crippen LogP contribution in [0.15, 0.2) is 430 Å². The Morgan fingerprint density at radius 3 is 0.957 bits per heavy atom. The summed E-state index contributed by atoms with van der Waals surface area (Å²) >= 11 is 0. The molecular formula is C110H68N2O4. The van der Waals surface area contributed by atoms with Crippen molar-refractivity contribution in [1.29, 1.82) is 0 Å². The van der Waals surface area contributed by atoms with Gasteiger partial charge >= 0.3 is 0 Å². The van der Waals surface area contributed by atoms with Crippen molar-refractivity contribution in [3.05, 3.63) is 413 Å². The number of anilines is 6. The molecule has 6 heteroatoms. The number of fused-ring (bicyclic) bond motifs is 14. The Balaban J connectivity index is 0.551. The summed E-state index contributed by atoms with van der Waals surface area (Å²) in [6.07, 6.45) is 0. The van der Waals surface area contributed by atoms with Gasteiger partial charge in [-0.2, -0.15) is 0 Å². The first-order valence-corrected chi connectivity index (χ1v) is 39.5. The number of hydrogen-bond donors (Lipinski definition) is 0. The Labute approximate surface area is 668 Å². The van der Waals surface area contributed by atoms with E-state index in [0.717, 1.165) is 211 Å². The predicted molar refractivity (Wildman–Crippen MR) is 483 cm³/mol. The van der Waals surface area contributed by atoms with Gasteiger partial charge in [0.2, 0.25) is 0 Å². The minimum Gasteiger partial charge on any atom is -0.456 e. The van der Waals surface area contributed by atoms with Crippen molar-refractivity contribution in [2.45, 2.75) is 0 Å². The average molecular weight is 1480 g/mol. The van der Waals surface area contributed by atoms with E-state index in [1.165, 1.54) is 21.7 Å². The van der Waals surface area contributed by atoms with Gasteiger partial charge in [-0.3, -0.25) is 0 Å². The molecule has 23 rings (SSSR count). The largest absolute Gasteiger partial charge is 0.456 e. The summed E-state index contributed by atoms with van der Waals surface area (Å²) in [5, 5.41) is 13.5. The zero-order chi connectivity index (χ0) is 76.3. The van der Waals surface area contributed by atoms with Gasteiger partial charge in [-0.1, -0.05) is 291 Å². The molecule has 6 nitrogen and oxygen atoms in total. The highest BCUT2D eigenvalue weighted by molar-refractivity contribution is 6.17. The number of nitrogens with zero attached hydrogens (tertiary/aromatic N) is 2. The van der Waals surface area contributed by atoms with E-state index in [9.17, 15) is 0 Å². The second kappa shape index (κ2) is 27.2. The van der Waals surface area contributed by atoms with Crippen LogP contribution in [0.4, 0.5) is 34.1 Å². The average Bonchev–Trinajstić information content (AvgIpc) is 1.45. The zero-order valence-corrected chi connectivity index (χ0v) is 62.8. The third-order valence-electron chi connectivity index (χ3n) is 23.5. The molecule has 0 amide bonds. The van der Waals surface area contributed by atoms with Gasteiger partial charge < -0.3 is 27.5 Å². The van der Waals surface area contributed by atoms with Gasteiger partial charge in [0.1, 0.15) is 44.7 Å². The molecule has 0 fully saturated rings. The maximum absolute atomic E-state index is 6.94. The van der Waals surface area contributed by atoms with Gasteiger partial charge in [0.05, 0.1) is 11.4 Å². The molecule has 0 aliphatic rings. The molecular weight excluding hydrogens is 1410 g/mol. The number of hydrogen-bond acceptors (Lipinski definition) is 6. The van der Waals surface area contributed by atoms with Crippen molar-refractivity contribution >= 4 is 143 Å². The Morgan fingerprint density at radius 1 is 0.155 bits per heavy atom. The van der Waals surface area contributed by atoms with Gasteiger partial charge in [0.25, 0.3) is 0 Å². The van der Waals surface area contributed by atoms with Gasteiger partial charge in [-0.15, -0.1) is 0 Å². The standard InChI is InChI=1S/C110H68N2O4/c1-2-18-77-65-78(44-41-69(77)17-1)73-49-58-84(59-50-73)112(86-62-53-76(54-63-86)88-25-14-29-96-92-22-6-11-33-102(92)116-110(88)96)100-31-9-4-20-90(100)94-27-16-36-105-108(94)98-64-55-81(68-106(98)114-105)80-46-43-74-42-45-79(66-82(74)67-80)72-39-37-70(38-40-72)71-47-56-83(57-48-71)111(85-60-51-75(52-61-85)87-24-13-28-95-91-21-5-10-32-101(91)115-109(87)95)99-30-8-3-19-89(99)93-26-15-35-104-107(93)97-23-7-12-34-103(97)113-104/h1-68H. The second-order valence-electron chi connectivity index (χ2n) is 30.1. The number of benzene rings is 19. The first-order valence-electron chi connectivity index (χ1n) is 39.5. The lowest BCUT2D eigenvalue weighted by molar-refractivity contribution is 0.668. The normalized spacial score (nSPS) is 11.8. The van der Waals surface area contributed by atoms with Crippen molar-refractivity contribution < 1.29 is 17.7 Å². The van der Waals surface area contributed by atoms with Crippen molar-refractivity contribution in [3.8, 4) is 89.0 Å². The minimum atomic E-state index is 0.830. The smallest absolute Gasteiger partial charge is 0.143 e. The minimum absolute atomic E-state index is 0.830. The van der Waals surface area contributed by atoms with E-state index in [1.54, 1.807) is 0 Å². The molecule has 0 radical (unpaired) electrons. The first-order chi connectivity index (χ1) is 57.5. The molecule has 0 aliphatic carbocycles. The quantitative estimate of drug-likeness (QED) is 0.108. The van der Waals surface area contributed by atoms with E-state index >= 15 is 0 Å². The molecule has 0 spiro atoms. The highest BCUT2D eigenvalue weighted by Crippen LogP contribution is 2.50. The van der Waals surface area contributed by atoms with E-state index in [-0.39, 0.29) is 0 Å². The van der Waals surface area contributed by atoms with Crippen LogP contribution in [0.1, 0.15) is 0 Å². The molecule has 19 aromatic carbocycles. The molecule has 4 aromatic heterocycles. The summed E-state index contributed by atoms with van der Waals surface area (Å²) in [6, 6.07) is 148. The van der Waals surface area contributed by atoms with Crippen LogP contribution >= 0.6 is 0 Å². The Bertz CT molecular complexity index is 7820. The number of rotatable bonds is 14. The summed E-state index contributed by atoms with van der Waals surface area (Å²) in [5.41, 5.74) is 30.8. The Morgan fingerprint density at radius 2 is 0.457 bits per heavy atom. The lowest BCUT2D eigenvalue weighted by Gasteiger charge is -2.28. The van der Waals surface area contributed by atoms with Crippen LogP contribution < -0.4 is 9.80 Å². The highest BCUT2D eigenvalue weighted by Gasteiger charge is 2.25. The topological polar surface area (TPSA) is 59.0 Å². The van der Waals surface area contributed by atoms with Gasteiger partial charge in [-0.25, -0.2) is 0 Å². The van der Waals surface area contributed by atoms with Crippen molar-refractivity contribution in [2.75, 3.05) is 9.80 Å². The third-order valence-corrected chi connectivity index (χ3v) is 23.5. The van der Waals surface area contributed by atoms with Crippen LogP contribution in [0.2, 0.25) is 0 Å². The van der Waals surface area contributed by atoms with Gasteiger partial charge in [0.15, 0.2) is 0 Å². The van der Waals surface area contributed by atoms with E-state index in [4.69, 9.17) is 17.7 Å². The molecule has 0 N–H and O–H groups in total. The van der Waals surface area contributed by atoms with Gasteiger partial charge in [0, 0.05) is 88.1 Å². The monoisotopic (exact) mass is 1480 g/mol. The van der Waals surface area contributed by atoms with E-state index in [1.807, 2.05) is 36.4 Å². The summed E-state index contributed by atoms with van der Waals surface area (Å²) < 4.78 is 26.5. The third kappa shape index (κ3) is 11.3. The van der Waals surface area contributed by atoms with E-state index in [0.29, 0.717) is 0 Å². The van der Waals surface area contributed by atoms with E-state index < -0.39 is 0 Å². The summed E-state index contributed by atoms with van der Waals surface area (Å²) in [4.78, 5) is 4.77. The fraction of sp³-hybridized carbons (Fsp3) is 0. The fourth-order valence-electron chi connectivity index (χ4n) is 17.8. The van der Waals surface area contributed by atoms with Crippen LogP contribution in [0.5, 0.6) is 0 Å². The molecule has 542 valence electrons. The lowest BCUT2D eigenvalue weighted by atomic mass is 9.95. The van der Waals surface area contributed by atoms with Crippen LogP contribution in [0.3, 0.4) is 0 Å². The fourth-order valence-corrected chi connectivity index (χ4v) is 17.8. The first kappa shape index (κ1) is 66.3. The van der Waals surface area contributed by atoms with Crippen LogP contribution in [-0.2, 0) is 0 Å². The van der Waals surface area contributed by atoms with Crippen molar-refractivity contribution in [3.63, 3.8) is 0 Å². The molecule has 0 saturated heterocycles. The molecule has 4 heterocycles. The Kier molecular flexibility index (Phi) is 15.5. The second-order valence-corrected chi connectivity index (χ2v) is 30.1. The predicted octanol–water partition coefficient (Wildman–Crippen LogP) is 31.9. The van der Waals surface area contributed by atoms with Crippen LogP contribution in [0.25, 0.3) is 198 Å². The molecule has 0 saturated carbocycles. The lowest BCUT2D eigenvalue weighted by Crippen LogP contribution is -2.11. The van der Waals surface area contributed by atoms with Crippen molar-refractivity contribution in [2.24, 2.45) is 0 Å². The summed E-state index contributed by atoms with van der Waals surface area (Å²) in [6.45, 7) is 0. The number of furan rings is 4. The zero-order valence-electron chi connectivity index (χ0n) is 62.8. The maximum Gasteiger partial charge on any atom is 0.143 e. The molecule has 0 aliphatic heterocycles. The van der Waals surface area contributed by atoms with Crippen LogP contribution in [0, 0.1) is 0 Å². The summed E-state index contributed by atoms with van der Waals surface area (Å²) in [5.74, 6) is 0. The molecule has 0 atom stereocenters. The molecule has 23 aromatic rings. The maximum atomic E-state index is 6.94.